The van der Waals surface area contributed by atoms with Gasteiger partial charge < -0.3 is 4.84 Å². The number of nitrogens with two attached hydrogens (primary N) is 1. The van der Waals surface area contributed by atoms with E-state index in [4.69, 9.17) is 5.90 Å². The van der Waals surface area contributed by atoms with Crippen LogP contribution in [0.4, 0.5) is 0 Å². The molecule has 17 heavy (non-hydrogen) atoms. The molecule has 0 amide bonds. The molecule has 2 N–H and O–H groups in total. The van der Waals surface area contributed by atoms with Crippen molar-refractivity contribution in [2.75, 3.05) is 19.7 Å². The Morgan fingerprint density at radius 3 is 2.82 bits per heavy atom. The Kier molecular flexibility index (Phi) is 4.74. The molecule has 2 rings (SSSR count). The van der Waals surface area contributed by atoms with E-state index in [1.165, 1.54) is 11.1 Å². The summed E-state index contributed by atoms with van der Waals surface area (Å²) in [6.07, 6.45) is 4.40. The van der Waals surface area contributed by atoms with E-state index in [9.17, 15) is 0 Å². The lowest BCUT2D eigenvalue weighted by Crippen LogP contribution is -2.29. The van der Waals surface area contributed by atoms with Gasteiger partial charge in [-0.15, -0.1) is 0 Å². The predicted octanol–water partition coefficient (Wildman–Crippen LogP) is 2.10. The van der Waals surface area contributed by atoms with Crippen molar-refractivity contribution in [3.63, 3.8) is 0 Å². The van der Waals surface area contributed by atoms with Crippen LogP contribution in [0.15, 0.2) is 42.0 Å². The molecule has 0 fully saturated rings. The zero-order chi connectivity index (χ0) is 11.9. The lowest BCUT2D eigenvalue weighted by Gasteiger charge is -2.27. The molecule has 0 unspecified atom stereocenters. The summed E-state index contributed by atoms with van der Waals surface area (Å²) in [6, 6.07) is 10.6. The summed E-state index contributed by atoms with van der Waals surface area (Å²) in [6.45, 7) is 3.83. The maximum Gasteiger partial charge on any atom is 0.0716 e. The first-order chi connectivity index (χ1) is 8.38. The topological polar surface area (TPSA) is 38.5 Å². The molecule has 1 aromatic carbocycles. The van der Waals surface area contributed by atoms with Gasteiger partial charge in [-0.25, -0.2) is 5.90 Å². The predicted molar refractivity (Wildman–Crippen MR) is 69.2 cm³/mol. The van der Waals surface area contributed by atoms with Gasteiger partial charge in [-0.1, -0.05) is 42.0 Å². The fraction of sp³-hybridized carbons (Fsp3) is 0.429. The van der Waals surface area contributed by atoms with Crippen LogP contribution in [0.5, 0.6) is 0 Å². The summed E-state index contributed by atoms with van der Waals surface area (Å²) in [5.41, 5.74) is 2.82. The summed E-state index contributed by atoms with van der Waals surface area (Å²) in [4.78, 5) is 7.11. The van der Waals surface area contributed by atoms with E-state index >= 15 is 0 Å². The minimum atomic E-state index is 0.616. The van der Waals surface area contributed by atoms with Crippen LogP contribution in [-0.2, 0) is 11.4 Å². The van der Waals surface area contributed by atoms with Gasteiger partial charge >= 0.3 is 0 Å². The molecule has 0 saturated carbocycles. The van der Waals surface area contributed by atoms with Crippen molar-refractivity contribution in [2.24, 2.45) is 5.90 Å². The first-order valence-corrected chi connectivity index (χ1v) is 6.14. The van der Waals surface area contributed by atoms with Gasteiger partial charge in [0.2, 0.25) is 0 Å². The van der Waals surface area contributed by atoms with Gasteiger partial charge in [0, 0.05) is 19.6 Å². The van der Waals surface area contributed by atoms with E-state index in [-0.39, 0.29) is 0 Å². The van der Waals surface area contributed by atoms with Crippen molar-refractivity contribution >= 4 is 0 Å². The SMILES string of the molecule is NOCCC1=CCCN(Cc2ccccc2)C1. The monoisotopic (exact) mass is 232 g/mol. The molecule has 0 bridgehead atoms. The molecule has 3 nitrogen and oxygen atoms in total. The van der Waals surface area contributed by atoms with Crippen molar-refractivity contribution < 1.29 is 4.84 Å². The van der Waals surface area contributed by atoms with E-state index in [1.807, 2.05) is 0 Å². The van der Waals surface area contributed by atoms with E-state index in [0.717, 1.165) is 32.5 Å². The van der Waals surface area contributed by atoms with Crippen molar-refractivity contribution in [1.82, 2.24) is 4.90 Å². The highest BCUT2D eigenvalue weighted by atomic mass is 16.6. The minimum Gasteiger partial charge on any atom is -0.304 e. The van der Waals surface area contributed by atoms with Crippen LogP contribution < -0.4 is 5.90 Å². The highest BCUT2D eigenvalue weighted by Crippen LogP contribution is 2.15. The maximum absolute atomic E-state index is 5.06. The zero-order valence-electron chi connectivity index (χ0n) is 10.1. The lowest BCUT2D eigenvalue weighted by molar-refractivity contribution is 0.138. The second kappa shape index (κ2) is 6.55. The minimum absolute atomic E-state index is 0.616. The van der Waals surface area contributed by atoms with Crippen LogP contribution in [0.25, 0.3) is 0 Å². The highest BCUT2D eigenvalue weighted by Gasteiger charge is 2.12. The fourth-order valence-electron chi connectivity index (χ4n) is 2.23. The molecule has 1 aliphatic rings. The summed E-state index contributed by atoms with van der Waals surface area (Å²) >= 11 is 0. The van der Waals surface area contributed by atoms with Gasteiger partial charge in [0.25, 0.3) is 0 Å². The fourth-order valence-corrected chi connectivity index (χ4v) is 2.23. The van der Waals surface area contributed by atoms with Gasteiger partial charge in [-0.2, -0.15) is 0 Å². The lowest BCUT2D eigenvalue weighted by atomic mass is 10.1. The molecule has 0 saturated heterocycles. The van der Waals surface area contributed by atoms with Crippen molar-refractivity contribution in [3.05, 3.63) is 47.5 Å². The normalized spacial score (nSPS) is 16.9. The number of hydrogen-bond donors (Lipinski definition) is 1. The number of hydrogen-bond acceptors (Lipinski definition) is 3. The highest BCUT2D eigenvalue weighted by molar-refractivity contribution is 5.16. The summed E-state index contributed by atoms with van der Waals surface area (Å²) < 4.78 is 0. The van der Waals surface area contributed by atoms with E-state index in [2.05, 4.69) is 46.1 Å². The molecule has 92 valence electrons. The summed E-state index contributed by atoms with van der Waals surface area (Å²) in [7, 11) is 0. The van der Waals surface area contributed by atoms with E-state index in [1.54, 1.807) is 0 Å². The first-order valence-electron chi connectivity index (χ1n) is 6.14. The Hall–Kier alpha value is -1.16. The van der Waals surface area contributed by atoms with Crippen molar-refractivity contribution in [3.8, 4) is 0 Å². The van der Waals surface area contributed by atoms with Crippen LogP contribution >= 0.6 is 0 Å². The van der Waals surface area contributed by atoms with E-state index < -0.39 is 0 Å². The third-order valence-electron chi connectivity index (χ3n) is 3.10. The van der Waals surface area contributed by atoms with Crippen LogP contribution in [0.1, 0.15) is 18.4 Å². The molecule has 0 atom stereocenters. The smallest absolute Gasteiger partial charge is 0.0716 e. The van der Waals surface area contributed by atoms with Gasteiger partial charge in [0.1, 0.15) is 0 Å². The molecule has 0 aliphatic carbocycles. The Labute approximate surface area is 103 Å². The summed E-state index contributed by atoms with van der Waals surface area (Å²) in [5, 5.41) is 0. The van der Waals surface area contributed by atoms with Crippen LogP contribution in [-0.4, -0.2) is 24.6 Å². The molecular weight excluding hydrogens is 212 g/mol. The largest absolute Gasteiger partial charge is 0.304 e. The third kappa shape index (κ3) is 3.97. The molecular formula is C14H20N2O. The average Bonchev–Trinajstić information content (AvgIpc) is 2.38. The quantitative estimate of drug-likeness (QED) is 0.624. The number of rotatable bonds is 5. The van der Waals surface area contributed by atoms with Gasteiger partial charge in [0.15, 0.2) is 0 Å². The molecule has 0 radical (unpaired) electrons. The molecule has 0 spiro atoms. The number of nitrogens with zero attached hydrogens (tertiary/aromatic N) is 1. The zero-order valence-corrected chi connectivity index (χ0v) is 10.1. The van der Waals surface area contributed by atoms with E-state index in [0.29, 0.717) is 6.61 Å². The average molecular weight is 232 g/mol. The Bertz CT molecular complexity index is 362. The molecule has 3 heteroatoms. The van der Waals surface area contributed by atoms with Crippen molar-refractivity contribution in [2.45, 2.75) is 19.4 Å². The molecule has 0 aromatic heterocycles. The number of benzene rings is 1. The Morgan fingerprint density at radius 1 is 1.24 bits per heavy atom. The Morgan fingerprint density at radius 2 is 2.06 bits per heavy atom. The standard InChI is InChI=1S/C14H20N2O/c15-17-10-8-14-7-4-9-16(12-14)11-13-5-2-1-3-6-13/h1-3,5-7H,4,8-12,15H2. The molecule has 1 aliphatic heterocycles. The van der Waals surface area contributed by atoms with Crippen LogP contribution in [0.2, 0.25) is 0 Å². The molecule has 1 heterocycles. The van der Waals surface area contributed by atoms with Gasteiger partial charge in [-0.3, -0.25) is 4.90 Å². The third-order valence-corrected chi connectivity index (χ3v) is 3.10. The second-order valence-electron chi connectivity index (χ2n) is 4.47. The van der Waals surface area contributed by atoms with Crippen LogP contribution in [0.3, 0.4) is 0 Å². The van der Waals surface area contributed by atoms with Crippen LogP contribution in [0, 0.1) is 0 Å². The van der Waals surface area contributed by atoms with Gasteiger partial charge in [-0.05, 0) is 18.4 Å². The molecule has 1 aromatic rings. The Balaban J connectivity index is 1.85. The first kappa shape index (κ1) is 12.3. The maximum atomic E-state index is 5.06. The summed E-state index contributed by atoms with van der Waals surface area (Å²) in [5.74, 6) is 5.06. The van der Waals surface area contributed by atoms with Crippen molar-refractivity contribution in [1.29, 1.82) is 0 Å². The second-order valence-corrected chi connectivity index (χ2v) is 4.47. The van der Waals surface area contributed by atoms with Gasteiger partial charge in [0.05, 0.1) is 6.61 Å².